The molecule has 3 aromatic rings. The number of hydrogen-bond donors (Lipinski definition) is 2. The lowest BCUT2D eigenvalue weighted by Gasteiger charge is -2.35. The second-order valence-corrected chi connectivity index (χ2v) is 16.5. The van der Waals surface area contributed by atoms with Crippen molar-refractivity contribution in [3.63, 3.8) is 0 Å². The van der Waals surface area contributed by atoms with Gasteiger partial charge in [-0.3, -0.25) is 9.52 Å². The van der Waals surface area contributed by atoms with E-state index >= 15 is 0 Å². The number of benzene rings is 2. The van der Waals surface area contributed by atoms with Crippen LogP contribution in [0.15, 0.2) is 56.8 Å². The lowest BCUT2D eigenvalue weighted by molar-refractivity contribution is -0.00833. The molecule has 1 aromatic heterocycles. The van der Waals surface area contributed by atoms with Crippen molar-refractivity contribution >= 4 is 31.6 Å². The minimum atomic E-state index is -4.11. The monoisotopic (exact) mass is 720 g/mol. The molecule has 0 saturated carbocycles. The number of aromatic nitrogens is 1. The van der Waals surface area contributed by atoms with Gasteiger partial charge in [0, 0.05) is 38.3 Å². The van der Waals surface area contributed by atoms with Crippen LogP contribution in [0.1, 0.15) is 67.4 Å². The molecule has 4 rings (SSSR count). The van der Waals surface area contributed by atoms with Crippen LogP contribution >= 0.6 is 0 Å². The Morgan fingerprint density at radius 3 is 2.39 bits per heavy atom. The Balaban J connectivity index is 1.69. The minimum absolute atomic E-state index is 0.0383. The molecule has 1 aliphatic rings. The number of fused-ring (bicyclic) bond motifs is 1. The molecule has 0 bridgehead atoms. The van der Waals surface area contributed by atoms with Crippen molar-refractivity contribution < 1.29 is 40.7 Å². The van der Waals surface area contributed by atoms with Crippen molar-refractivity contribution in [3.8, 4) is 5.75 Å². The average Bonchev–Trinajstić information content (AvgIpc) is 3.40. The van der Waals surface area contributed by atoms with Crippen molar-refractivity contribution in [1.82, 2.24) is 14.4 Å². The number of carbonyl (C=O) groups excluding carboxylic acids is 1. The van der Waals surface area contributed by atoms with Crippen molar-refractivity contribution in [1.29, 1.82) is 0 Å². The van der Waals surface area contributed by atoms with Crippen molar-refractivity contribution in [2.75, 3.05) is 38.1 Å². The molecule has 2 N–H and O–H groups in total. The standard InChI is InChI=1S/C34H48N4O9S2/c1-22-11-14-29(15-12-22)49(43,44)37(7)20-32-23(2)19-38(24(3)21-39)34(40)30-18-28(36-48(41,42)33-26(5)35-47-27(33)6)13-16-31(30)46-25(4)10-8-9-17-45-32/h11-16,18,23-25,32,36,39H,8-10,17,19-21H2,1-7H3/t23-,24+,25+,32-/m1/s1. The number of carbonyl (C=O) groups is 1. The third kappa shape index (κ3) is 9.19. The number of aliphatic hydroxyl groups is 1. The van der Waals surface area contributed by atoms with Crippen molar-refractivity contribution in [2.24, 2.45) is 5.92 Å². The highest BCUT2D eigenvalue weighted by molar-refractivity contribution is 7.92. The third-order valence-corrected chi connectivity index (χ3v) is 12.2. The zero-order chi connectivity index (χ0) is 36.1. The summed E-state index contributed by atoms with van der Waals surface area (Å²) < 4.78 is 75.0. The summed E-state index contributed by atoms with van der Waals surface area (Å²) >= 11 is 0. The Bertz CT molecular complexity index is 1790. The van der Waals surface area contributed by atoms with Gasteiger partial charge in [-0.2, -0.15) is 4.31 Å². The van der Waals surface area contributed by atoms with E-state index in [9.17, 15) is 26.7 Å². The number of amides is 1. The molecule has 1 aliphatic heterocycles. The molecule has 13 nitrogen and oxygen atoms in total. The fourth-order valence-corrected chi connectivity index (χ4v) is 8.32. The number of hydrogen-bond acceptors (Lipinski definition) is 10. The number of nitrogens with one attached hydrogen (secondary N) is 1. The Labute approximate surface area is 289 Å². The molecule has 0 radical (unpaired) electrons. The smallest absolute Gasteiger partial charge is 0.267 e. The first-order valence-corrected chi connectivity index (χ1v) is 19.3. The van der Waals surface area contributed by atoms with E-state index < -0.39 is 38.1 Å². The van der Waals surface area contributed by atoms with Crippen LogP contribution < -0.4 is 9.46 Å². The zero-order valence-corrected chi connectivity index (χ0v) is 30.8. The van der Waals surface area contributed by atoms with Crippen LogP contribution in [0.4, 0.5) is 5.69 Å². The number of nitrogens with zero attached hydrogens (tertiary/aromatic N) is 3. The van der Waals surface area contributed by atoms with Crippen LogP contribution in [0.25, 0.3) is 0 Å². The van der Waals surface area contributed by atoms with Gasteiger partial charge >= 0.3 is 0 Å². The van der Waals surface area contributed by atoms with Crippen LogP contribution in [0, 0.1) is 26.7 Å². The van der Waals surface area contributed by atoms with Gasteiger partial charge in [0.05, 0.1) is 35.3 Å². The van der Waals surface area contributed by atoms with Crippen LogP contribution in [0.2, 0.25) is 0 Å². The lowest BCUT2D eigenvalue weighted by Crippen LogP contribution is -2.48. The molecule has 2 aromatic carbocycles. The van der Waals surface area contributed by atoms with Gasteiger partial charge < -0.3 is 24.0 Å². The van der Waals surface area contributed by atoms with E-state index in [-0.39, 0.29) is 70.0 Å². The SMILES string of the molecule is Cc1ccc(S(=O)(=O)N(C)C[C@H]2OCCCC[C@H](C)Oc3ccc(NS(=O)(=O)c4c(C)noc4C)cc3C(=O)N([C@@H](C)CO)C[C@H]2C)cc1. The highest BCUT2D eigenvalue weighted by atomic mass is 32.2. The van der Waals surface area contributed by atoms with Gasteiger partial charge in [-0.15, -0.1) is 0 Å². The summed E-state index contributed by atoms with van der Waals surface area (Å²) in [5.41, 5.74) is 1.37. The maximum Gasteiger partial charge on any atom is 0.267 e. The number of likely N-dealkylation sites (N-methyl/N-ethyl adjacent to an activating group) is 1. The number of aliphatic hydroxyl groups excluding tert-OH is 1. The predicted octanol–water partition coefficient (Wildman–Crippen LogP) is 4.52. The number of ether oxygens (including phenoxy) is 2. The molecule has 49 heavy (non-hydrogen) atoms. The van der Waals surface area contributed by atoms with Gasteiger partial charge in [-0.25, -0.2) is 16.8 Å². The van der Waals surface area contributed by atoms with Gasteiger partial charge in [-0.05, 0) is 84.2 Å². The molecule has 2 heterocycles. The van der Waals surface area contributed by atoms with E-state index in [1.54, 1.807) is 37.3 Å². The second kappa shape index (κ2) is 16.0. The quantitative estimate of drug-likeness (QED) is 0.321. The van der Waals surface area contributed by atoms with Gasteiger partial charge in [0.25, 0.3) is 15.9 Å². The molecule has 270 valence electrons. The summed E-state index contributed by atoms with van der Waals surface area (Å²) in [6, 6.07) is 10.5. The maximum absolute atomic E-state index is 14.4. The largest absolute Gasteiger partial charge is 0.490 e. The molecule has 0 unspecified atom stereocenters. The van der Waals surface area contributed by atoms with E-state index in [1.807, 2.05) is 20.8 Å². The summed E-state index contributed by atoms with van der Waals surface area (Å²) in [4.78, 5) is 16.0. The first-order valence-electron chi connectivity index (χ1n) is 16.4. The second-order valence-electron chi connectivity index (χ2n) is 12.9. The molecule has 1 amide bonds. The summed E-state index contributed by atoms with van der Waals surface area (Å²) in [5.74, 6) is -0.469. The number of aryl methyl sites for hydroxylation is 3. The van der Waals surface area contributed by atoms with E-state index in [1.165, 1.54) is 42.2 Å². The highest BCUT2D eigenvalue weighted by Gasteiger charge is 2.33. The van der Waals surface area contributed by atoms with E-state index in [0.29, 0.717) is 19.4 Å². The lowest BCUT2D eigenvalue weighted by atomic mass is 10.0. The van der Waals surface area contributed by atoms with Crippen molar-refractivity contribution in [2.45, 2.75) is 88.8 Å². The van der Waals surface area contributed by atoms with Gasteiger partial charge in [-0.1, -0.05) is 29.8 Å². The molecule has 0 spiro atoms. The number of sulfonamides is 2. The fraction of sp³-hybridized carbons (Fsp3) is 0.529. The third-order valence-electron chi connectivity index (χ3n) is 8.71. The van der Waals surface area contributed by atoms with Gasteiger partial charge in [0.15, 0.2) is 10.7 Å². The average molecular weight is 721 g/mol. The number of anilines is 1. The molecular weight excluding hydrogens is 673 g/mol. The van der Waals surface area contributed by atoms with Crippen LogP contribution in [0.3, 0.4) is 0 Å². The highest BCUT2D eigenvalue weighted by Crippen LogP contribution is 2.30. The Hall–Kier alpha value is -3.50. The molecule has 4 atom stereocenters. The van der Waals surface area contributed by atoms with Crippen LogP contribution in [-0.2, 0) is 24.8 Å². The summed E-state index contributed by atoms with van der Waals surface area (Å²) in [5, 5.41) is 14.0. The molecule has 0 saturated heterocycles. The molecule has 0 fully saturated rings. The summed E-state index contributed by atoms with van der Waals surface area (Å²) in [7, 11) is -6.43. The van der Waals surface area contributed by atoms with Crippen LogP contribution in [-0.4, -0.2) is 93.8 Å². The van der Waals surface area contributed by atoms with E-state index in [4.69, 9.17) is 14.0 Å². The van der Waals surface area contributed by atoms with E-state index in [0.717, 1.165) is 12.0 Å². The van der Waals surface area contributed by atoms with Gasteiger partial charge in [0.1, 0.15) is 11.4 Å². The first kappa shape index (κ1) is 38.3. The topological polar surface area (TPSA) is 169 Å². The maximum atomic E-state index is 14.4. The fourth-order valence-electron chi connectivity index (χ4n) is 5.75. The molecular formula is C34H48N4O9S2. The Morgan fingerprint density at radius 1 is 1.06 bits per heavy atom. The first-order chi connectivity index (χ1) is 23.0. The number of rotatable bonds is 9. The normalized spacial score (nSPS) is 20.7. The molecule has 0 aliphatic carbocycles. The molecule has 15 heteroatoms. The van der Waals surface area contributed by atoms with Crippen LogP contribution in [0.5, 0.6) is 5.75 Å². The summed E-state index contributed by atoms with van der Waals surface area (Å²) in [6.45, 7) is 10.5. The minimum Gasteiger partial charge on any atom is -0.490 e. The van der Waals surface area contributed by atoms with E-state index in [2.05, 4.69) is 9.88 Å². The Morgan fingerprint density at radius 2 is 1.76 bits per heavy atom. The summed E-state index contributed by atoms with van der Waals surface area (Å²) in [6.07, 6.45) is 1.23. The predicted molar refractivity (Wildman–Crippen MR) is 185 cm³/mol. The zero-order valence-electron chi connectivity index (χ0n) is 29.2. The Kier molecular flexibility index (Phi) is 12.5. The van der Waals surface area contributed by atoms with Gasteiger partial charge in [0.2, 0.25) is 10.0 Å². The van der Waals surface area contributed by atoms with Crippen molar-refractivity contribution in [3.05, 3.63) is 65.0 Å².